The highest BCUT2D eigenvalue weighted by atomic mass is 16.5. The van der Waals surface area contributed by atoms with E-state index in [-0.39, 0.29) is 11.8 Å². The molecule has 0 spiro atoms. The van der Waals surface area contributed by atoms with Crippen LogP contribution < -0.4 is 10.1 Å². The molecule has 4 heteroatoms. The third kappa shape index (κ3) is 4.47. The van der Waals surface area contributed by atoms with Crippen molar-refractivity contribution in [3.8, 4) is 5.75 Å². The number of carbonyl (C=O) groups excluding carboxylic acids is 1. The molecular weight excluding hydrogens is 276 g/mol. The topological polar surface area (TPSA) is 41.6 Å². The molecule has 1 saturated carbocycles. The summed E-state index contributed by atoms with van der Waals surface area (Å²) in [5.41, 5.74) is 1.11. The zero-order valence-electron chi connectivity index (χ0n) is 14.0. The van der Waals surface area contributed by atoms with Crippen molar-refractivity contribution in [2.45, 2.75) is 31.6 Å². The lowest BCUT2D eigenvalue weighted by molar-refractivity contribution is -0.123. The first-order valence-corrected chi connectivity index (χ1v) is 8.18. The number of rotatable bonds is 7. The lowest BCUT2D eigenvalue weighted by Crippen LogP contribution is -2.36. The standard InChI is InChI=1S/C18H28N2O2/c1-20(2)13-12-19-18(21)17(14-6-4-5-7-14)15-8-10-16(22-3)11-9-15/h8-11,14,17H,4-7,12-13H2,1-3H3,(H,19,21). The van der Waals surface area contributed by atoms with Gasteiger partial charge in [0.2, 0.25) is 5.91 Å². The Morgan fingerprint density at radius 2 is 1.91 bits per heavy atom. The number of hydrogen-bond acceptors (Lipinski definition) is 3. The third-order valence-electron chi connectivity index (χ3n) is 4.49. The number of likely N-dealkylation sites (N-methyl/N-ethyl adjacent to an activating group) is 1. The fourth-order valence-electron chi connectivity index (χ4n) is 3.25. The Morgan fingerprint density at radius 1 is 1.27 bits per heavy atom. The zero-order valence-corrected chi connectivity index (χ0v) is 14.0. The quantitative estimate of drug-likeness (QED) is 0.842. The maximum atomic E-state index is 12.7. The number of hydrogen-bond donors (Lipinski definition) is 1. The van der Waals surface area contributed by atoms with Crippen LogP contribution in [0.4, 0.5) is 0 Å². The second-order valence-electron chi connectivity index (χ2n) is 6.39. The number of nitrogens with zero attached hydrogens (tertiary/aromatic N) is 1. The molecule has 0 bridgehead atoms. The summed E-state index contributed by atoms with van der Waals surface area (Å²) in [6.45, 7) is 1.57. The van der Waals surface area contributed by atoms with Crippen LogP contribution in [-0.2, 0) is 4.79 Å². The van der Waals surface area contributed by atoms with Crippen LogP contribution in [0, 0.1) is 5.92 Å². The third-order valence-corrected chi connectivity index (χ3v) is 4.49. The highest BCUT2D eigenvalue weighted by Gasteiger charge is 2.31. The Morgan fingerprint density at radius 3 is 2.45 bits per heavy atom. The summed E-state index contributed by atoms with van der Waals surface area (Å²) in [6.07, 6.45) is 4.78. The van der Waals surface area contributed by atoms with E-state index in [4.69, 9.17) is 4.74 Å². The first kappa shape index (κ1) is 16.8. The van der Waals surface area contributed by atoms with E-state index in [9.17, 15) is 4.79 Å². The molecule has 1 atom stereocenters. The summed E-state index contributed by atoms with van der Waals surface area (Å²) >= 11 is 0. The molecule has 1 aliphatic carbocycles. The minimum absolute atomic E-state index is 0.0319. The molecule has 122 valence electrons. The number of methoxy groups -OCH3 is 1. The molecule has 0 saturated heterocycles. The second-order valence-corrected chi connectivity index (χ2v) is 6.39. The van der Waals surface area contributed by atoms with Gasteiger partial charge in [0.05, 0.1) is 13.0 Å². The van der Waals surface area contributed by atoms with Crippen LogP contribution in [-0.4, -0.2) is 45.1 Å². The Kier molecular flexibility index (Phi) is 6.25. The summed E-state index contributed by atoms with van der Waals surface area (Å²) in [5, 5.41) is 3.11. The SMILES string of the molecule is COc1ccc(C(C(=O)NCCN(C)C)C2CCCC2)cc1. The van der Waals surface area contributed by atoms with Crippen molar-refractivity contribution in [1.29, 1.82) is 0 Å². The van der Waals surface area contributed by atoms with Crippen molar-refractivity contribution >= 4 is 5.91 Å². The summed E-state index contributed by atoms with van der Waals surface area (Å²) in [5.74, 6) is 1.43. The van der Waals surface area contributed by atoms with Crippen LogP contribution in [0.5, 0.6) is 5.75 Å². The van der Waals surface area contributed by atoms with Gasteiger partial charge in [-0.15, -0.1) is 0 Å². The Balaban J connectivity index is 2.09. The van der Waals surface area contributed by atoms with Gasteiger partial charge in [-0.25, -0.2) is 0 Å². The van der Waals surface area contributed by atoms with Crippen LogP contribution in [0.3, 0.4) is 0 Å². The van der Waals surface area contributed by atoms with E-state index in [0.717, 1.165) is 30.7 Å². The molecule has 0 aromatic heterocycles. The minimum Gasteiger partial charge on any atom is -0.497 e. The van der Waals surface area contributed by atoms with Crippen molar-refractivity contribution in [1.82, 2.24) is 10.2 Å². The first-order chi connectivity index (χ1) is 10.6. The molecule has 1 fully saturated rings. The van der Waals surface area contributed by atoms with E-state index < -0.39 is 0 Å². The van der Waals surface area contributed by atoms with E-state index in [1.807, 2.05) is 38.4 Å². The minimum atomic E-state index is -0.0319. The Hall–Kier alpha value is -1.55. The number of benzene rings is 1. The van der Waals surface area contributed by atoms with Gasteiger partial charge >= 0.3 is 0 Å². The fourth-order valence-corrected chi connectivity index (χ4v) is 3.25. The normalized spacial score (nSPS) is 16.7. The molecular formula is C18H28N2O2. The summed E-state index contributed by atoms with van der Waals surface area (Å²) in [4.78, 5) is 14.8. The van der Waals surface area contributed by atoms with Crippen LogP contribution in [0.1, 0.15) is 37.2 Å². The van der Waals surface area contributed by atoms with Gasteiger partial charge < -0.3 is 15.0 Å². The molecule has 4 nitrogen and oxygen atoms in total. The average molecular weight is 304 g/mol. The van der Waals surface area contributed by atoms with Crippen molar-refractivity contribution in [3.63, 3.8) is 0 Å². The first-order valence-electron chi connectivity index (χ1n) is 8.18. The molecule has 22 heavy (non-hydrogen) atoms. The summed E-state index contributed by atoms with van der Waals surface area (Å²) in [7, 11) is 5.70. The lowest BCUT2D eigenvalue weighted by Gasteiger charge is -2.24. The van der Waals surface area contributed by atoms with E-state index >= 15 is 0 Å². The number of amides is 1. The average Bonchev–Trinajstić information content (AvgIpc) is 3.02. The molecule has 1 N–H and O–H groups in total. The predicted octanol–water partition coefficient (Wildman–Crippen LogP) is 2.65. The van der Waals surface area contributed by atoms with E-state index in [1.165, 1.54) is 12.8 Å². The molecule has 0 aliphatic heterocycles. The molecule has 1 amide bonds. The van der Waals surface area contributed by atoms with Crippen molar-refractivity contribution in [3.05, 3.63) is 29.8 Å². The van der Waals surface area contributed by atoms with Gasteiger partial charge in [0.15, 0.2) is 0 Å². The highest BCUT2D eigenvalue weighted by Crippen LogP contribution is 2.37. The van der Waals surface area contributed by atoms with Gasteiger partial charge in [0, 0.05) is 13.1 Å². The largest absolute Gasteiger partial charge is 0.497 e. The van der Waals surface area contributed by atoms with Gasteiger partial charge in [-0.2, -0.15) is 0 Å². The molecule has 1 aromatic rings. The molecule has 1 aromatic carbocycles. The maximum Gasteiger partial charge on any atom is 0.227 e. The molecule has 1 unspecified atom stereocenters. The number of nitrogens with one attached hydrogen (secondary N) is 1. The van der Waals surface area contributed by atoms with Gasteiger partial charge in [-0.05, 0) is 50.6 Å². The van der Waals surface area contributed by atoms with Crippen molar-refractivity contribution in [2.75, 3.05) is 34.3 Å². The monoisotopic (exact) mass is 304 g/mol. The predicted molar refractivity (Wildman–Crippen MR) is 89.3 cm³/mol. The zero-order chi connectivity index (χ0) is 15.9. The van der Waals surface area contributed by atoms with Gasteiger partial charge in [0.1, 0.15) is 5.75 Å². The molecule has 0 radical (unpaired) electrons. The summed E-state index contributed by atoms with van der Waals surface area (Å²) in [6, 6.07) is 7.97. The number of ether oxygens (including phenoxy) is 1. The van der Waals surface area contributed by atoms with Crippen LogP contribution in [0.25, 0.3) is 0 Å². The maximum absolute atomic E-state index is 12.7. The molecule has 0 heterocycles. The molecule has 2 rings (SSSR count). The second kappa shape index (κ2) is 8.18. The lowest BCUT2D eigenvalue weighted by atomic mass is 9.84. The van der Waals surface area contributed by atoms with Crippen LogP contribution in [0.15, 0.2) is 24.3 Å². The molecule has 1 aliphatic rings. The van der Waals surface area contributed by atoms with Crippen LogP contribution >= 0.6 is 0 Å². The summed E-state index contributed by atoms with van der Waals surface area (Å²) < 4.78 is 5.22. The Labute approximate surface area is 133 Å². The van der Waals surface area contributed by atoms with E-state index in [2.05, 4.69) is 10.2 Å². The number of carbonyl (C=O) groups is 1. The van der Waals surface area contributed by atoms with Gasteiger partial charge in [-0.1, -0.05) is 25.0 Å². The smallest absolute Gasteiger partial charge is 0.227 e. The van der Waals surface area contributed by atoms with E-state index in [0.29, 0.717) is 12.5 Å². The van der Waals surface area contributed by atoms with E-state index in [1.54, 1.807) is 7.11 Å². The van der Waals surface area contributed by atoms with Crippen LogP contribution in [0.2, 0.25) is 0 Å². The van der Waals surface area contributed by atoms with Gasteiger partial charge in [-0.3, -0.25) is 4.79 Å². The fraction of sp³-hybridized carbons (Fsp3) is 0.611. The van der Waals surface area contributed by atoms with Crippen molar-refractivity contribution < 1.29 is 9.53 Å². The highest BCUT2D eigenvalue weighted by molar-refractivity contribution is 5.84. The van der Waals surface area contributed by atoms with Gasteiger partial charge in [0.25, 0.3) is 0 Å². The Bertz CT molecular complexity index is 464. The van der Waals surface area contributed by atoms with Crippen molar-refractivity contribution in [2.24, 2.45) is 5.92 Å².